The zero-order chi connectivity index (χ0) is 15.2. The van der Waals surface area contributed by atoms with Gasteiger partial charge in [-0.05, 0) is 45.2 Å². The van der Waals surface area contributed by atoms with Crippen molar-refractivity contribution in [3.63, 3.8) is 0 Å². The third-order valence-corrected chi connectivity index (χ3v) is 3.68. The van der Waals surface area contributed by atoms with Crippen LogP contribution in [0.15, 0.2) is 18.3 Å². The Morgan fingerprint density at radius 1 is 1.40 bits per heavy atom. The van der Waals surface area contributed by atoms with Gasteiger partial charge < -0.3 is 10.6 Å². The molecule has 1 aromatic heterocycles. The summed E-state index contributed by atoms with van der Waals surface area (Å²) in [6, 6.07) is 3.80. The molecule has 0 saturated heterocycles. The molecule has 0 bridgehead atoms. The van der Waals surface area contributed by atoms with Crippen LogP contribution in [0.2, 0.25) is 0 Å². The van der Waals surface area contributed by atoms with Crippen molar-refractivity contribution in [2.24, 2.45) is 0 Å². The molecule has 2 N–H and O–H groups in total. The van der Waals surface area contributed by atoms with E-state index in [-0.39, 0.29) is 17.5 Å². The van der Waals surface area contributed by atoms with Gasteiger partial charge in [-0.2, -0.15) is 0 Å². The standard InChI is InChI=1S/C16H27N3O/c1-6-13-9-8-10-17-14(13)11-18-12(3)15(20)19-16(4,5)7-2/h8-10,12,18H,6-7,11H2,1-5H3,(H,19,20). The zero-order valence-electron chi connectivity index (χ0n) is 13.3. The molecule has 0 aliphatic carbocycles. The maximum absolute atomic E-state index is 12.1. The summed E-state index contributed by atoms with van der Waals surface area (Å²) in [7, 11) is 0. The van der Waals surface area contributed by atoms with Crippen molar-refractivity contribution < 1.29 is 4.79 Å². The molecule has 0 fully saturated rings. The van der Waals surface area contributed by atoms with Gasteiger partial charge in [-0.15, -0.1) is 0 Å². The second-order valence-corrected chi connectivity index (χ2v) is 5.79. The fourth-order valence-corrected chi connectivity index (χ4v) is 1.83. The summed E-state index contributed by atoms with van der Waals surface area (Å²) in [5, 5.41) is 6.29. The highest BCUT2D eigenvalue weighted by Crippen LogP contribution is 2.08. The molecule has 1 aromatic rings. The summed E-state index contributed by atoms with van der Waals surface area (Å²) in [4.78, 5) is 16.5. The van der Waals surface area contributed by atoms with Gasteiger partial charge in [0.15, 0.2) is 0 Å². The number of carbonyl (C=O) groups is 1. The number of aromatic nitrogens is 1. The highest BCUT2D eigenvalue weighted by molar-refractivity contribution is 5.81. The lowest BCUT2D eigenvalue weighted by molar-refractivity contribution is -0.124. The third-order valence-electron chi connectivity index (χ3n) is 3.68. The molecular formula is C16H27N3O. The van der Waals surface area contributed by atoms with Crippen molar-refractivity contribution in [1.29, 1.82) is 0 Å². The molecule has 1 rings (SSSR count). The number of carbonyl (C=O) groups excluding carboxylic acids is 1. The van der Waals surface area contributed by atoms with Crippen molar-refractivity contribution in [3.8, 4) is 0 Å². The van der Waals surface area contributed by atoms with E-state index >= 15 is 0 Å². The number of hydrogen-bond donors (Lipinski definition) is 2. The number of nitrogens with one attached hydrogen (secondary N) is 2. The molecule has 0 spiro atoms. The number of rotatable bonds is 7. The molecule has 1 unspecified atom stereocenters. The SMILES string of the molecule is CCc1cccnc1CNC(C)C(=O)NC(C)(C)CC. The van der Waals surface area contributed by atoms with Crippen molar-refractivity contribution in [2.45, 2.75) is 65.6 Å². The molecule has 0 aliphatic heterocycles. The number of pyridine rings is 1. The second kappa shape index (κ2) is 7.39. The van der Waals surface area contributed by atoms with Crippen LogP contribution in [-0.4, -0.2) is 22.5 Å². The van der Waals surface area contributed by atoms with Gasteiger partial charge in [0.25, 0.3) is 0 Å². The molecule has 0 aromatic carbocycles. The molecule has 0 saturated carbocycles. The summed E-state index contributed by atoms with van der Waals surface area (Å²) >= 11 is 0. The van der Waals surface area contributed by atoms with E-state index < -0.39 is 0 Å². The van der Waals surface area contributed by atoms with E-state index in [2.05, 4.69) is 35.5 Å². The third kappa shape index (κ3) is 4.93. The van der Waals surface area contributed by atoms with Crippen LogP contribution >= 0.6 is 0 Å². The monoisotopic (exact) mass is 277 g/mol. The predicted molar refractivity (Wildman–Crippen MR) is 82.4 cm³/mol. The Labute approximate surface area is 122 Å². The summed E-state index contributed by atoms with van der Waals surface area (Å²) < 4.78 is 0. The topological polar surface area (TPSA) is 54.0 Å². The normalized spacial score (nSPS) is 13.1. The van der Waals surface area contributed by atoms with Crippen molar-refractivity contribution in [3.05, 3.63) is 29.6 Å². The largest absolute Gasteiger partial charge is 0.350 e. The number of aryl methyl sites for hydroxylation is 1. The summed E-state index contributed by atoms with van der Waals surface area (Å²) in [5.41, 5.74) is 2.08. The highest BCUT2D eigenvalue weighted by Gasteiger charge is 2.21. The van der Waals surface area contributed by atoms with E-state index in [1.54, 1.807) is 6.20 Å². The van der Waals surface area contributed by atoms with Crippen LogP contribution in [0.25, 0.3) is 0 Å². The Balaban J connectivity index is 2.54. The maximum Gasteiger partial charge on any atom is 0.237 e. The van der Waals surface area contributed by atoms with Gasteiger partial charge >= 0.3 is 0 Å². The van der Waals surface area contributed by atoms with Crippen molar-refractivity contribution >= 4 is 5.91 Å². The van der Waals surface area contributed by atoms with Crippen LogP contribution in [0.1, 0.15) is 52.3 Å². The van der Waals surface area contributed by atoms with E-state index in [9.17, 15) is 4.79 Å². The van der Waals surface area contributed by atoms with E-state index in [0.717, 1.165) is 18.5 Å². The molecular weight excluding hydrogens is 250 g/mol. The lowest BCUT2D eigenvalue weighted by Gasteiger charge is -2.26. The minimum atomic E-state index is -0.229. The predicted octanol–water partition coefficient (Wildman–Crippen LogP) is 2.43. The quantitative estimate of drug-likeness (QED) is 0.805. The first-order chi connectivity index (χ1) is 9.39. The van der Waals surface area contributed by atoms with Crippen molar-refractivity contribution in [2.75, 3.05) is 0 Å². The number of hydrogen-bond acceptors (Lipinski definition) is 3. The highest BCUT2D eigenvalue weighted by atomic mass is 16.2. The van der Waals surface area contributed by atoms with E-state index in [1.807, 2.05) is 26.8 Å². The minimum Gasteiger partial charge on any atom is -0.350 e. The average molecular weight is 277 g/mol. The Morgan fingerprint density at radius 3 is 2.70 bits per heavy atom. The van der Waals surface area contributed by atoms with Crippen LogP contribution in [0.5, 0.6) is 0 Å². The smallest absolute Gasteiger partial charge is 0.237 e. The van der Waals surface area contributed by atoms with E-state index in [4.69, 9.17) is 0 Å². The average Bonchev–Trinajstić information content (AvgIpc) is 2.44. The fourth-order valence-electron chi connectivity index (χ4n) is 1.83. The molecule has 112 valence electrons. The molecule has 1 amide bonds. The summed E-state index contributed by atoms with van der Waals surface area (Å²) in [6.07, 6.45) is 3.65. The first kappa shape index (κ1) is 16.6. The van der Waals surface area contributed by atoms with E-state index in [1.165, 1.54) is 5.56 Å². The number of amides is 1. The van der Waals surface area contributed by atoms with Crippen LogP contribution < -0.4 is 10.6 Å². The molecule has 1 atom stereocenters. The fraction of sp³-hybridized carbons (Fsp3) is 0.625. The minimum absolute atomic E-state index is 0.0332. The molecule has 4 nitrogen and oxygen atoms in total. The molecule has 1 heterocycles. The van der Waals surface area contributed by atoms with Crippen LogP contribution in [0.4, 0.5) is 0 Å². The molecule has 4 heteroatoms. The van der Waals surface area contributed by atoms with Crippen LogP contribution in [0, 0.1) is 0 Å². The van der Waals surface area contributed by atoms with Crippen LogP contribution in [-0.2, 0) is 17.8 Å². The van der Waals surface area contributed by atoms with Gasteiger partial charge in [0.2, 0.25) is 5.91 Å². The van der Waals surface area contributed by atoms with Gasteiger partial charge in [0.05, 0.1) is 11.7 Å². The maximum atomic E-state index is 12.1. The van der Waals surface area contributed by atoms with Gasteiger partial charge in [-0.25, -0.2) is 0 Å². The summed E-state index contributed by atoms with van der Waals surface area (Å²) in [6.45, 7) is 10.7. The lowest BCUT2D eigenvalue weighted by atomic mass is 10.0. The second-order valence-electron chi connectivity index (χ2n) is 5.79. The zero-order valence-corrected chi connectivity index (χ0v) is 13.3. The molecule has 20 heavy (non-hydrogen) atoms. The molecule has 0 aliphatic rings. The Hall–Kier alpha value is -1.42. The first-order valence-electron chi connectivity index (χ1n) is 7.37. The molecule has 0 radical (unpaired) electrons. The summed E-state index contributed by atoms with van der Waals surface area (Å²) in [5.74, 6) is 0.0332. The van der Waals surface area contributed by atoms with Gasteiger partial charge in [-0.3, -0.25) is 9.78 Å². The Kier molecular flexibility index (Phi) is 6.14. The van der Waals surface area contributed by atoms with Gasteiger partial charge in [-0.1, -0.05) is 19.9 Å². The Morgan fingerprint density at radius 2 is 2.10 bits per heavy atom. The van der Waals surface area contributed by atoms with E-state index in [0.29, 0.717) is 6.54 Å². The van der Waals surface area contributed by atoms with Crippen LogP contribution in [0.3, 0.4) is 0 Å². The van der Waals surface area contributed by atoms with Crippen molar-refractivity contribution in [1.82, 2.24) is 15.6 Å². The Bertz CT molecular complexity index is 443. The van der Waals surface area contributed by atoms with Gasteiger partial charge in [0, 0.05) is 18.3 Å². The van der Waals surface area contributed by atoms with Gasteiger partial charge in [0.1, 0.15) is 0 Å². The lowest BCUT2D eigenvalue weighted by Crippen LogP contribution is -2.50. The number of nitrogens with zero attached hydrogens (tertiary/aromatic N) is 1. The first-order valence-corrected chi connectivity index (χ1v) is 7.37.